The smallest absolute Gasteiger partial charge is 0.305 e. The molecule has 7 heteroatoms. The summed E-state index contributed by atoms with van der Waals surface area (Å²) in [5.41, 5.74) is 0. The number of carbonyl (C=O) groups is 2. The van der Waals surface area contributed by atoms with Crippen molar-refractivity contribution in [2.75, 3.05) is 54.7 Å². The number of carbonyl (C=O) groups excluding carboxylic acids is 2. The molecule has 0 aromatic heterocycles. The zero-order valence-electron chi connectivity index (χ0n) is 23.8. The molecule has 0 aliphatic rings. The number of hydrogen-bond acceptors (Lipinski definition) is 7. The molecular weight excluding hydrogens is 458 g/mol. The predicted octanol–water partition coefficient (Wildman–Crippen LogP) is 6.09. The normalized spacial score (nSPS) is 12.4. The van der Waals surface area contributed by atoms with E-state index in [0.717, 1.165) is 64.6 Å². The Kier molecular flexibility index (Phi) is 25.6. The van der Waals surface area contributed by atoms with Gasteiger partial charge < -0.3 is 23.8 Å². The van der Waals surface area contributed by atoms with Crippen LogP contribution in [0.4, 0.5) is 0 Å². The zero-order chi connectivity index (χ0) is 26.7. The Labute approximate surface area is 221 Å². The van der Waals surface area contributed by atoms with Crippen LogP contribution in [-0.2, 0) is 28.5 Å². The summed E-state index contributed by atoms with van der Waals surface area (Å²) in [5, 5.41) is 0. The number of allylic oxidation sites excluding steroid dienone is 2. The Morgan fingerprint density at radius 1 is 0.611 bits per heavy atom. The number of hydrogen-bond donors (Lipinski definition) is 0. The minimum atomic E-state index is -0.137. The molecule has 0 aliphatic carbocycles. The van der Waals surface area contributed by atoms with Crippen molar-refractivity contribution >= 4 is 11.9 Å². The SMILES string of the molecule is COC(=O)CCCCCC=CCCCCCCCCOCC(COCCCCCC(=O)OC)N(C)C. The van der Waals surface area contributed by atoms with E-state index in [0.29, 0.717) is 26.1 Å². The highest BCUT2D eigenvalue weighted by Crippen LogP contribution is 2.10. The van der Waals surface area contributed by atoms with Crippen LogP contribution in [0.3, 0.4) is 0 Å². The number of ether oxygens (including phenoxy) is 4. The number of likely N-dealkylation sites (N-methyl/N-ethyl adjacent to an activating group) is 1. The minimum Gasteiger partial charge on any atom is -0.469 e. The van der Waals surface area contributed by atoms with Crippen molar-refractivity contribution in [2.24, 2.45) is 0 Å². The van der Waals surface area contributed by atoms with Crippen LogP contribution >= 0.6 is 0 Å². The summed E-state index contributed by atoms with van der Waals surface area (Å²) in [6.45, 7) is 2.92. The highest BCUT2D eigenvalue weighted by atomic mass is 16.5. The Morgan fingerprint density at radius 3 is 1.44 bits per heavy atom. The summed E-state index contributed by atoms with van der Waals surface area (Å²) in [6.07, 6.45) is 21.4. The third-order valence-electron chi connectivity index (χ3n) is 6.30. The molecule has 0 saturated carbocycles. The number of esters is 2. The fourth-order valence-corrected chi connectivity index (χ4v) is 3.76. The van der Waals surface area contributed by atoms with Crippen molar-refractivity contribution in [2.45, 2.75) is 109 Å². The van der Waals surface area contributed by atoms with Crippen molar-refractivity contribution in [3.63, 3.8) is 0 Å². The minimum absolute atomic E-state index is 0.102. The lowest BCUT2D eigenvalue weighted by Gasteiger charge is -2.24. The van der Waals surface area contributed by atoms with E-state index in [2.05, 4.69) is 40.6 Å². The molecule has 0 spiro atoms. The molecule has 0 aromatic carbocycles. The molecule has 0 aromatic rings. The van der Waals surface area contributed by atoms with Crippen molar-refractivity contribution in [3.05, 3.63) is 12.2 Å². The van der Waals surface area contributed by atoms with Gasteiger partial charge in [-0.05, 0) is 65.5 Å². The molecule has 1 atom stereocenters. The molecule has 0 bridgehead atoms. The third-order valence-corrected chi connectivity index (χ3v) is 6.30. The Balaban J connectivity index is 3.46. The first kappa shape index (κ1) is 34.6. The van der Waals surface area contributed by atoms with E-state index >= 15 is 0 Å². The lowest BCUT2D eigenvalue weighted by molar-refractivity contribution is -0.141. The Bertz CT molecular complexity index is 538. The first-order valence-electron chi connectivity index (χ1n) is 14.1. The van der Waals surface area contributed by atoms with Gasteiger partial charge in [0.25, 0.3) is 0 Å². The Hall–Kier alpha value is -1.44. The predicted molar refractivity (Wildman–Crippen MR) is 146 cm³/mol. The Morgan fingerprint density at radius 2 is 1.00 bits per heavy atom. The zero-order valence-corrected chi connectivity index (χ0v) is 23.8. The fourth-order valence-electron chi connectivity index (χ4n) is 3.76. The average molecular weight is 514 g/mol. The first-order valence-corrected chi connectivity index (χ1v) is 14.1. The van der Waals surface area contributed by atoms with E-state index < -0.39 is 0 Å². The second kappa shape index (κ2) is 26.6. The molecule has 36 heavy (non-hydrogen) atoms. The highest BCUT2D eigenvalue weighted by molar-refractivity contribution is 5.69. The van der Waals surface area contributed by atoms with Crippen LogP contribution in [-0.4, -0.2) is 77.6 Å². The molecular formula is C29H55NO6. The fraction of sp³-hybridized carbons (Fsp3) is 0.862. The van der Waals surface area contributed by atoms with Crippen LogP contribution in [0.1, 0.15) is 103 Å². The van der Waals surface area contributed by atoms with Gasteiger partial charge in [0, 0.05) is 26.1 Å². The first-order chi connectivity index (χ1) is 17.5. The van der Waals surface area contributed by atoms with Crippen LogP contribution < -0.4 is 0 Å². The maximum absolute atomic E-state index is 11.1. The van der Waals surface area contributed by atoms with E-state index in [-0.39, 0.29) is 18.0 Å². The van der Waals surface area contributed by atoms with E-state index in [9.17, 15) is 9.59 Å². The molecule has 0 amide bonds. The van der Waals surface area contributed by atoms with Crippen LogP contribution in [0.15, 0.2) is 12.2 Å². The van der Waals surface area contributed by atoms with Gasteiger partial charge in [-0.1, -0.05) is 50.7 Å². The van der Waals surface area contributed by atoms with Gasteiger partial charge in [-0.25, -0.2) is 0 Å². The lowest BCUT2D eigenvalue weighted by Crippen LogP contribution is -2.37. The van der Waals surface area contributed by atoms with E-state index in [1.807, 2.05) is 0 Å². The van der Waals surface area contributed by atoms with E-state index in [1.54, 1.807) is 0 Å². The quantitative estimate of drug-likeness (QED) is 0.0786. The van der Waals surface area contributed by atoms with Crippen LogP contribution in [0, 0.1) is 0 Å². The maximum atomic E-state index is 11.1. The summed E-state index contributed by atoms with van der Waals surface area (Å²) in [7, 11) is 7.01. The number of nitrogens with zero attached hydrogens (tertiary/aromatic N) is 1. The summed E-state index contributed by atoms with van der Waals surface area (Å²) in [5.74, 6) is -0.239. The summed E-state index contributed by atoms with van der Waals surface area (Å²) in [4.78, 5) is 24.3. The lowest BCUT2D eigenvalue weighted by atomic mass is 10.1. The molecule has 0 aliphatic heterocycles. The molecule has 7 nitrogen and oxygen atoms in total. The highest BCUT2D eigenvalue weighted by Gasteiger charge is 2.11. The topological polar surface area (TPSA) is 74.3 Å². The maximum Gasteiger partial charge on any atom is 0.305 e. The summed E-state index contributed by atoms with van der Waals surface area (Å²) in [6, 6.07) is 0.271. The average Bonchev–Trinajstić information content (AvgIpc) is 2.87. The van der Waals surface area contributed by atoms with E-state index in [1.165, 1.54) is 52.7 Å². The molecule has 0 radical (unpaired) electrons. The van der Waals surface area contributed by atoms with Crippen molar-refractivity contribution in [3.8, 4) is 0 Å². The number of unbranched alkanes of at least 4 members (excludes halogenated alkanes) is 11. The molecule has 0 fully saturated rings. The van der Waals surface area contributed by atoms with Gasteiger partial charge >= 0.3 is 11.9 Å². The second-order valence-electron chi connectivity index (χ2n) is 9.71. The van der Waals surface area contributed by atoms with Crippen molar-refractivity contribution in [1.29, 1.82) is 0 Å². The van der Waals surface area contributed by atoms with Gasteiger partial charge in [0.1, 0.15) is 0 Å². The van der Waals surface area contributed by atoms with Gasteiger partial charge in [-0.2, -0.15) is 0 Å². The monoisotopic (exact) mass is 513 g/mol. The molecule has 0 N–H and O–H groups in total. The van der Waals surface area contributed by atoms with Gasteiger partial charge in [-0.15, -0.1) is 0 Å². The van der Waals surface area contributed by atoms with Crippen LogP contribution in [0.25, 0.3) is 0 Å². The largest absolute Gasteiger partial charge is 0.469 e. The van der Waals surface area contributed by atoms with Crippen molar-refractivity contribution < 1.29 is 28.5 Å². The number of methoxy groups -OCH3 is 2. The van der Waals surface area contributed by atoms with Gasteiger partial charge in [-0.3, -0.25) is 9.59 Å². The molecule has 0 rings (SSSR count). The van der Waals surface area contributed by atoms with E-state index in [4.69, 9.17) is 9.47 Å². The molecule has 1 unspecified atom stereocenters. The van der Waals surface area contributed by atoms with Crippen molar-refractivity contribution in [1.82, 2.24) is 4.90 Å². The van der Waals surface area contributed by atoms with Gasteiger partial charge in [0.15, 0.2) is 0 Å². The summed E-state index contributed by atoms with van der Waals surface area (Å²) >= 11 is 0. The van der Waals surface area contributed by atoms with Crippen LogP contribution in [0.5, 0.6) is 0 Å². The standard InChI is InChI=1S/C29H55NO6/c1-30(2)27(26-36-24-20-16-18-22-29(32)34-4)25-35-23-19-15-13-11-9-7-5-6-8-10-12-14-17-21-28(31)33-3/h6,8,27H,5,7,9-26H2,1-4H3. The molecule has 212 valence electrons. The van der Waals surface area contributed by atoms with Gasteiger partial charge in [0.05, 0.1) is 33.5 Å². The summed E-state index contributed by atoms with van der Waals surface area (Å²) < 4.78 is 21.0. The third kappa shape index (κ3) is 24.3. The molecule has 0 heterocycles. The second-order valence-corrected chi connectivity index (χ2v) is 9.71. The van der Waals surface area contributed by atoms with Crippen LogP contribution in [0.2, 0.25) is 0 Å². The molecule has 0 saturated heterocycles. The number of rotatable bonds is 26. The van der Waals surface area contributed by atoms with Gasteiger partial charge in [0.2, 0.25) is 0 Å².